The molecule has 0 spiro atoms. The van der Waals surface area contributed by atoms with E-state index in [1.165, 1.54) is 0 Å². The van der Waals surface area contributed by atoms with Gasteiger partial charge in [-0.05, 0) is 0 Å². The molecule has 0 radical (unpaired) electrons. The van der Waals surface area contributed by atoms with Crippen LogP contribution in [0, 0.1) is 0 Å². The molecule has 0 atom stereocenters. The number of rotatable bonds is 0. The molecule has 2 heteroatoms. The van der Waals surface area contributed by atoms with Crippen LogP contribution in [-0.4, -0.2) is 22.5 Å². The van der Waals surface area contributed by atoms with Gasteiger partial charge in [0, 0.05) is 0 Å². The van der Waals surface area contributed by atoms with Crippen LogP contribution in [0.4, 0.5) is 0 Å². The van der Waals surface area contributed by atoms with E-state index in [1.54, 1.807) is 0 Å². The molecule has 0 heterocycles. The Bertz CT molecular complexity index is 13.5. The lowest BCUT2D eigenvalue weighted by Crippen LogP contribution is -1.25. The van der Waals surface area contributed by atoms with E-state index in [0.29, 0.717) is 0 Å². The predicted octanol–water partition coefficient (Wildman–Crippen LogP) is -0.496. The second kappa shape index (κ2) is 11.5. The van der Waals surface area contributed by atoms with Gasteiger partial charge in [0.05, 0.1) is 6.26 Å². The molecule has 4 heavy (non-hydrogen) atoms. The van der Waals surface area contributed by atoms with Crippen molar-refractivity contribution in [2.45, 2.75) is 0 Å². The number of aliphatic hydroxyl groups is 1. The summed E-state index contributed by atoms with van der Waals surface area (Å²) < 4.78 is 0. The van der Waals surface area contributed by atoms with Crippen molar-refractivity contribution in [2.24, 2.45) is 0 Å². The van der Waals surface area contributed by atoms with Crippen LogP contribution in [0.1, 0.15) is 0 Å². The van der Waals surface area contributed by atoms with Gasteiger partial charge in [-0.15, -0.1) is 0 Å². The molecule has 0 aliphatic carbocycles. The van der Waals surface area contributed by atoms with Crippen LogP contribution in [0.3, 0.4) is 0 Å². The van der Waals surface area contributed by atoms with Gasteiger partial charge in [0.25, 0.3) is 0 Å². The third-order valence-corrected chi connectivity index (χ3v) is 0. The maximum Gasteiger partial charge on any atom is 0.187 e. The summed E-state index contributed by atoms with van der Waals surface area (Å²) in [6.45, 7) is 2.92. The van der Waals surface area contributed by atoms with Crippen LogP contribution < -0.4 is 0 Å². The molecule has 24 valence electrons. The van der Waals surface area contributed by atoms with Gasteiger partial charge in [0.2, 0.25) is 0 Å². The van der Waals surface area contributed by atoms with Crippen molar-refractivity contribution in [3.05, 3.63) is 12.8 Å². The highest BCUT2D eigenvalue weighted by molar-refractivity contribution is 5.75. The normalized spacial score (nSPS) is 3.00. The van der Waals surface area contributed by atoms with Crippen LogP contribution in [0.15, 0.2) is 12.8 Å². The van der Waals surface area contributed by atoms with E-state index in [2.05, 4.69) is 6.58 Å². The second-order valence-corrected chi connectivity index (χ2v) is 0.183. The lowest BCUT2D eigenvalue weighted by Gasteiger charge is -1.41. The van der Waals surface area contributed by atoms with Gasteiger partial charge in [0.15, 0.2) is 17.4 Å². The summed E-state index contributed by atoms with van der Waals surface area (Å²) in [5, 5.41) is 7.33. The number of hydrogen-bond donors (Lipinski definition) is 1. The highest BCUT2D eigenvalue weighted by Gasteiger charge is 1.11. The lowest BCUT2D eigenvalue weighted by atomic mass is 11.2. The summed E-state index contributed by atoms with van der Waals surface area (Å²) in [6.07, 6.45) is 0.750. The van der Waals surface area contributed by atoms with E-state index in [0.717, 1.165) is 6.26 Å². The summed E-state index contributed by atoms with van der Waals surface area (Å²) in [5.74, 6) is 0. The first-order valence-corrected chi connectivity index (χ1v) is 0.666. The van der Waals surface area contributed by atoms with Crippen molar-refractivity contribution in [1.29, 1.82) is 0 Å². The molecule has 0 aliphatic heterocycles. The Morgan fingerprint density at radius 2 is 1.75 bits per heavy atom. The average molecular weight is 74.1 g/mol. The molecule has 0 bridgehead atoms. The molecule has 0 amide bonds. The average Bonchev–Trinajstić information content (AvgIpc) is 0.918. The highest BCUT2D eigenvalue weighted by Crippen LogP contribution is 1.26. The Morgan fingerprint density at radius 1 is 1.75 bits per heavy atom. The van der Waals surface area contributed by atoms with Gasteiger partial charge in [-0.1, -0.05) is 6.58 Å². The van der Waals surface area contributed by atoms with Gasteiger partial charge in [-0.25, -0.2) is 0 Å². The Morgan fingerprint density at radius 3 is 1.75 bits per heavy atom. The fourth-order valence-electron chi connectivity index (χ4n) is 0. The van der Waals surface area contributed by atoms with Gasteiger partial charge < -0.3 is 5.11 Å². The monoisotopic (exact) mass is 74.0 g/mol. The van der Waals surface area contributed by atoms with Crippen LogP contribution in [0.25, 0.3) is 0 Å². The number of hydrogen-bond acceptors (Lipinski definition) is 1. The van der Waals surface area contributed by atoms with Crippen molar-refractivity contribution in [1.82, 2.24) is 0 Å². The second-order valence-electron chi connectivity index (χ2n) is 0.183. The molecule has 1 N–H and O–H groups in total. The van der Waals surface area contributed by atoms with Crippen molar-refractivity contribution in [3.8, 4) is 0 Å². The SMILES string of the molecule is C=CO.[AlH3]. The molecule has 0 saturated carbocycles. The summed E-state index contributed by atoms with van der Waals surface area (Å²) in [4.78, 5) is 0. The van der Waals surface area contributed by atoms with Crippen LogP contribution in [0.2, 0.25) is 0 Å². The van der Waals surface area contributed by atoms with Gasteiger partial charge in [-0.2, -0.15) is 0 Å². The fraction of sp³-hybridized carbons (Fsp3) is 0. The minimum atomic E-state index is 0. The van der Waals surface area contributed by atoms with Crippen molar-refractivity contribution >= 4 is 17.4 Å². The quantitative estimate of drug-likeness (QED) is 0.303. The Kier molecular flexibility index (Phi) is 25.7. The Balaban J connectivity index is 0. The first-order chi connectivity index (χ1) is 1.41. The largest absolute Gasteiger partial charge is 0.516 e. The molecule has 0 aromatic heterocycles. The zero-order chi connectivity index (χ0) is 2.71. The molecular weight excluding hydrogens is 67.0 g/mol. The van der Waals surface area contributed by atoms with Crippen LogP contribution in [0.5, 0.6) is 0 Å². The summed E-state index contributed by atoms with van der Waals surface area (Å²) in [6, 6.07) is 0. The third kappa shape index (κ3) is 454. The molecule has 0 aromatic rings. The maximum absolute atomic E-state index is 7.33. The molecule has 0 aliphatic rings. The van der Waals surface area contributed by atoms with Crippen molar-refractivity contribution < 1.29 is 5.11 Å². The van der Waals surface area contributed by atoms with Gasteiger partial charge in [0.1, 0.15) is 0 Å². The fourth-order valence-corrected chi connectivity index (χ4v) is 0. The van der Waals surface area contributed by atoms with Crippen molar-refractivity contribution in [2.75, 3.05) is 0 Å². The van der Waals surface area contributed by atoms with Gasteiger partial charge >= 0.3 is 0 Å². The first-order valence-electron chi connectivity index (χ1n) is 0.666. The zero-order valence-corrected chi connectivity index (χ0v) is 1.73. The molecule has 1 nitrogen and oxygen atoms in total. The summed E-state index contributed by atoms with van der Waals surface area (Å²) >= 11 is 0. The smallest absolute Gasteiger partial charge is 0.187 e. The number of aliphatic hydroxyl groups excluding tert-OH is 1. The van der Waals surface area contributed by atoms with Crippen molar-refractivity contribution in [3.63, 3.8) is 0 Å². The standard InChI is InChI=1S/C2H4O.Al.3H/c1-2-3;;;;/h2-3H,1H2;;;;. The molecule has 0 saturated heterocycles. The van der Waals surface area contributed by atoms with E-state index in [9.17, 15) is 0 Å². The molecule has 0 aromatic carbocycles. The van der Waals surface area contributed by atoms with Crippen LogP contribution >= 0.6 is 0 Å². The molecule has 0 fully saturated rings. The first kappa shape index (κ1) is 8.95. The predicted molar refractivity (Wildman–Crippen MR) is 22.8 cm³/mol. The Labute approximate surface area is 36.1 Å². The molecular formula is C2H7AlO. The van der Waals surface area contributed by atoms with E-state index in [1.807, 2.05) is 0 Å². The molecule has 0 rings (SSSR count). The highest BCUT2D eigenvalue weighted by atomic mass is 27.0. The van der Waals surface area contributed by atoms with Crippen LogP contribution in [-0.2, 0) is 0 Å². The van der Waals surface area contributed by atoms with Gasteiger partial charge in [-0.3, -0.25) is 0 Å². The summed E-state index contributed by atoms with van der Waals surface area (Å²) in [5.41, 5.74) is 0. The topological polar surface area (TPSA) is 20.2 Å². The minimum Gasteiger partial charge on any atom is -0.516 e. The minimum absolute atomic E-state index is 0. The lowest BCUT2D eigenvalue weighted by molar-refractivity contribution is 0.476. The van der Waals surface area contributed by atoms with E-state index in [-0.39, 0.29) is 17.4 Å². The zero-order valence-electron chi connectivity index (χ0n) is 1.73. The maximum atomic E-state index is 7.33. The Hall–Kier alpha value is 0.0725. The summed E-state index contributed by atoms with van der Waals surface area (Å²) in [7, 11) is 0. The van der Waals surface area contributed by atoms with E-state index >= 15 is 0 Å². The van der Waals surface area contributed by atoms with E-state index in [4.69, 9.17) is 5.11 Å². The molecule has 0 unspecified atom stereocenters. The third-order valence-electron chi connectivity index (χ3n) is 0. The van der Waals surface area contributed by atoms with E-state index < -0.39 is 0 Å².